The second kappa shape index (κ2) is 6.46. The summed E-state index contributed by atoms with van der Waals surface area (Å²) in [5, 5.41) is 0. The van der Waals surface area contributed by atoms with Crippen LogP contribution in [-0.4, -0.2) is 24.0 Å². The van der Waals surface area contributed by atoms with Gasteiger partial charge in [0, 0.05) is 25.7 Å². The molecule has 0 saturated carbocycles. The summed E-state index contributed by atoms with van der Waals surface area (Å²) in [5.74, 6) is 0. The van der Waals surface area contributed by atoms with Crippen LogP contribution in [0.3, 0.4) is 0 Å². The molecule has 2 nitrogen and oxygen atoms in total. The second-order valence-corrected chi connectivity index (χ2v) is 4.44. The van der Waals surface area contributed by atoms with Gasteiger partial charge in [0.1, 0.15) is 0 Å². The van der Waals surface area contributed by atoms with E-state index in [9.17, 15) is 0 Å². The molecule has 1 rings (SSSR count). The highest BCUT2D eigenvalue weighted by molar-refractivity contribution is 5.15. The zero-order chi connectivity index (χ0) is 12.0. The van der Waals surface area contributed by atoms with Gasteiger partial charge in [-0.05, 0) is 25.0 Å². The van der Waals surface area contributed by atoms with Crippen LogP contribution in [0.5, 0.6) is 0 Å². The van der Waals surface area contributed by atoms with E-state index in [1.165, 1.54) is 5.56 Å². The van der Waals surface area contributed by atoms with Crippen LogP contribution >= 0.6 is 0 Å². The third-order valence-corrected chi connectivity index (χ3v) is 2.67. The number of nitrogens with two attached hydrogens (primary N) is 1. The molecule has 16 heavy (non-hydrogen) atoms. The molecule has 0 amide bonds. The lowest BCUT2D eigenvalue weighted by molar-refractivity contribution is 0.231. The molecule has 1 aromatic rings. The van der Waals surface area contributed by atoms with Crippen LogP contribution in [0, 0.1) is 0 Å². The Kier molecular flexibility index (Phi) is 5.23. The van der Waals surface area contributed by atoms with Crippen molar-refractivity contribution in [3.05, 3.63) is 48.0 Å². The molecule has 0 heterocycles. The fourth-order valence-electron chi connectivity index (χ4n) is 1.59. The number of nitrogens with zero attached hydrogens (tertiary/aromatic N) is 1. The van der Waals surface area contributed by atoms with Gasteiger partial charge in [-0.3, -0.25) is 4.90 Å². The maximum Gasteiger partial charge on any atom is 0.0239 e. The lowest BCUT2D eigenvalue weighted by Crippen LogP contribution is -2.33. The van der Waals surface area contributed by atoms with Crippen LogP contribution in [0.1, 0.15) is 19.4 Å². The quantitative estimate of drug-likeness (QED) is 0.743. The molecule has 0 atom stereocenters. The molecule has 1 aromatic carbocycles. The van der Waals surface area contributed by atoms with Crippen molar-refractivity contribution < 1.29 is 0 Å². The molecular formula is C14H22N2. The van der Waals surface area contributed by atoms with E-state index in [1.54, 1.807) is 0 Å². The molecule has 0 unspecified atom stereocenters. The normalized spacial score (nSPS) is 11.1. The van der Waals surface area contributed by atoms with E-state index < -0.39 is 0 Å². The summed E-state index contributed by atoms with van der Waals surface area (Å²) in [6.45, 7) is 10.8. The van der Waals surface area contributed by atoms with Crippen molar-refractivity contribution in [2.24, 2.45) is 5.73 Å². The highest BCUT2D eigenvalue weighted by atomic mass is 15.1. The van der Waals surface area contributed by atoms with Gasteiger partial charge in [-0.1, -0.05) is 36.9 Å². The molecule has 0 aromatic heterocycles. The first-order chi connectivity index (χ1) is 7.63. The molecule has 0 spiro atoms. The maximum absolute atomic E-state index is 5.59. The minimum Gasteiger partial charge on any atom is -0.327 e. The Morgan fingerprint density at radius 3 is 2.44 bits per heavy atom. The average molecular weight is 218 g/mol. The first-order valence-corrected chi connectivity index (χ1v) is 5.78. The van der Waals surface area contributed by atoms with Gasteiger partial charge < -0.3 is 5.73 Å². The Morgan fingerprint density at radius 1 is 1.31 bits per heavy atom. The van der Waals surface area contributed by atoms with E-state index in [2.05, 4.69) is 49.6 Å². The molecule has 88 valence electrons. The summed E-state index contributed by atoms with van der Waals surface area (Å²) in [4.78, 5) is 2.38. The van der Waals surface area contributed by atoms with Crippen molar-refractivity contribution in [1.82, 2.24) is 4.90 Å². The largest absolute Gasteiger partial charge is 0.327 e. The predicted octanol–water partition coefficient (Wildman–Crippen LogP) is 2.41. The van der Waals surface area contributed by atoms with Crippen molar-refractivity contribution in [1.29, 1.82) is 0 Å². The topological polar surface area (TPSA) is 29.3 Å². The van der Waals surface area contributed by atoms with Crippen molar-refractivity contribution in [2.75, 3.05) is 13.1 Å². The van der Waals surface area contributed by atoms with Crippen molar-refractivity contribution in [2.45, 2.75) is 26.4 Å². The van der Waals surface area contributed by atoms with Crippen molar-refractivity contribution >= 4 is 0 Å². The summed E-state index contributed by atoms with van der Waals surface area (Å²) >= 11 is 0. The van der Waals surface area contributed by atoms with Crippen LogP contribution < -0.4 is 5.73 Å². The van der Waals surface area contributed by atoms with Gasteiger partial charge >= 0.3 is 0 Å². The van der Waals surface area contributed by atoms with Gasteiger partial charge in [-0.2, -0.15) is 0 Å². The summed E-state index contributed by atoms with van der Waals surface area (Å²) in [6, 6.07) is 11.0. The van der Waals surface area contributed by atoms with Crippen molar-refractivity contribution in [3.63, 3.8) is 0 Å². The highest BCUT2D eigenvalue weighted by Crippen LogP contribution is 2.09. The van der Waals surface area contributed by atoms with Crippen LogP contribution in [0.15, 0.2) is 42.5 Å². The first kappa shape index (κ1) is 12.9. The maximum atomic E-state index is 5.59. The molecule has 0 aliphatic rings. The summed E-state index contributed by atoms with van der Waals surface area (Å²) in [6.07, 6.45) is 0. The SMILES string of the molecule is C=C(CN)CN(Cc1ccccc1)C(C)C. The molecule has 0 radical (unpaired) electrons. The highest BCUT2D eigenvalue weighted by Gasteiger charge is 2.10. The van der Waals surface area contributed by atoms with E-state index >= 15 is 0 Å². The van der Waals surface area contributed by atoms with Gasteiger partial charge in [0.2, 0.25) is 0 Å². The lowest BCUT2D eigenvalue weighted by Gasteiger charge is -2.27. The summed E-state index contributed by atoms with van der Waals surface area (Å²) < 4.78 is 0. The van der Waals surface area contributed by atoms with E-state index in [-0.39, 0.29) is 0 Å². The van der Waals surface area contributed by atoms with Gasteiger partial charge in [-0.15, -0.1) is 0 Å². The Labute approximate surface area is 98.8 Å². The molecule has 2 heteroatoms. The molecule has 2 N–H and O–H groups in total. The fraction of sp³-hybridized carbons (Fsp3) is 0.429. The number of benzene rings is 1. The summed E-state index contributed by atoms with van der Waals surface area (Å²) in [5.41, 5.74) is 8.01. The molecule has 0 fully saturated rings. The van der Waals surface area contributed by atoms with Crippen molar-refractivity contribution in [3.8, 4) is 0 Å². The molecule has 0 bridgehead atoms. The Morgan fingerprint density at radius 2 is 1.94 bits per heavy atom. The third kappa shape index (κ3) is 4.17. The monoisotopic (exact) mass is 218 g/mol. The first-order valence-electron chi connectivity index (χ1n) is 5.78. The summed E-state index contributed by atoms with van der Waals surface area (Å²) in [7, 11) is 0. The van der Waals surface area contributed by atoms with E-state index in [1.807, 2.05) is 6.07 Å². The second-order valence-electron chi connectivity index (χ2n) is 4.44. The number of hydrogen-bond acceptors (Lipinski definition) is 2. The molecule has 0 aliphatic carbocycles. The zero-order valence-corrected chi connectivity index (χ0v) is 10.3. The Balaban J connectivity index is 2.62. The fourth-order valence-corrected chi connectivity index (χ4v) is 1.59. The molecule has 0 saturated heterocycles. The number of rotatable bonds is 6. The molecular weight excluding hydrogens is 196 g/mol. The average Bonchev–Trinajstić information content (AvgIpc) is 2.29. The van der Waals surface area contributed by atoms with E-state index in [0.717, 1.165) is 18.7 Å². The van der Waals surface area contributed by atoms with Gasteiger partial charge in [0.05, 0.1) is 0 Å². The van der Waals surface area contributed by atoms with Crippen LogP contribution in [0.25, 0.3) is 0 Å². The van der Waals surface area contributed by atoms with Gasteiger partial charge in [-0.25, -0.2) is 0 Å². The van der Waals surface area contributed by atoms with Gasteiger partial charge in [0.15, 0.2) is 0 Å². The lowest BCUT2D eigenvalue weighted by atomic mass is 10.1. The van der Waals surface area contributed by atoms with E-state index in [0.29, 0.717) is 12.6 Å². The number of hydrogen-bond donors (Lipinski definition) is 1. The smallest absolute Gasteiger partial charge is 0.0239 e. The standard InChI is InChI=1S/C14H22N2/c1-12(2)16(10-13(3)9-15)11-14-7-5-4-6-8-14/h4-8,12H,3,9-11,15H2,1-2H3. The van der Waals surface area contributed by atoms with Gasteiger partial charge in [0.25, 0.3) is 0 Å². The van der Waals surface area contributed by atoms with Crippen LogP contribution in [-0.2, 0) is 6.54 Å². The minimum absolute atomic E-state index is 0.503. The zero-order valence-electron chi connectivity index (χ0n) is 10.3. The predicted molar refractivity (Wildman–Crippen MR) is 70.2 cm³/mol. The Hall–Kier alpha value is -1.12. The van der Waals surface area contributed by atoms with Crippen LogP contribution in [0.4, 0.5) is 0 Å². The Bertz CT molecular complexity index is 317. The molecule has 0 aliphatic heterocycles. The third-order valence-electron chi connectivity index (χ3n) is 2.67. The van der Waals surface area contributed by atoms with Crippen LogP contribution in [0.2, 0.25) is 0 Å². The van der Waals surface area contributed by atoms with E-state index in [4.69, 9.17) is 5.73 Å². The minimum atomic E-state index is 0.503.